The number of nitrogens with one attached hydrogen (secondary N) is 1. The van der Waals surface area contributed by atoms with Gasteiger partial charge in [-0.3, -0.25) is 0 Å². The van der Waals surface area contributed by atoms with Crippen molar-refractivity contribution in [1.82, 2.24) is 30.4 Å². The number of aromatic nitrogens is 5. The van der Waals surface area contributed by atoms with Crippen molar-refractivity contribution in [2.75, 3.05) is 25.1 Å². The molecule has 0 bridgehead atoms. The van der Waals surface area contributed by atoms with Crippen molar-refractivity contribution in [1.29, 1.82) is 0 Å². The highest BCUT2D eigenvalue weighted by atomic mass is 19.1. The molecule has 4 aromatic rings. The van der Waals surface area contributed by atoms with E-state index in [-0.39, 0.29) is 11.4 Å². The summed E-state index contributed by atoms with van der Waals surface area (Å²) in [7, 11) is 1.89. The largest absolute Gasteiger partial charge is 0.494 e. The summed E-state index contributed by atoms with van der Waals surface area (Å²) in [6.07, 6.45) is 4.21. The highest BCUT2D eigenvalue weighted by Gasteiger charge is 2.27. The first-order valence-electron chi connectivity index (χ1n) is 11.9. The van der Waals surface area contributed by atoms with Gasteiger partial charge in [0.25, 0.3) is 0 Å². The van der Waals surface area contributed by atoms with Gasteiger partial charge in [0.15, 0.2) is 5.82 Å². The predicted octanol–water partition coefficient (Wildman–Crippen LogP) is 4.16. The van der Waals surface area contributed by atoms with Crippen LogP contribution in [0.25, 0.3) is 22.6 Å². The summed E-state index contributed by atoms with van der Waals surface area (Å²) in [5.74, 6) is 1.76. The van der Waals surface area contributed by atoms with E-state index < -0.39 is 5.82 Å². The third-order valence-corrected chi connectivity index (χ3v) is 6.29. The van der Waals surface area contributed by atoms with Gasteiger partial charge in [-0.2, -0.15) is 0 Å². The zero-order valence-electron chi connectivity index (χ0n) is 20.8. The van der Waals surface area contributed by atoms with Crippen LogP contribution in [0.1, 0.15) is 34.7 Å². The molecule has 10 heteroatoms. The Morgan fingerprint density at radius 1 is 1.17 bits per heavy atom. The lowest BCUT2D eigenvalue weighted by Gasteiger charge is -2.21. The topological polar surface area (TPSA) is 102 Å². The molecule has 5 rings (SSSR count). The van der Waals surface area contributed by atoms with Gasteiger partial charge < -0.3 is 19.5 Å². The maximum absolute atomic E-state index is 15.1. The van der Waals surface area contributed by atoms with Gasteiger partial charge in [-0.05, 0) is 59.0 Å². The Morgan fingerprint density at radius 3 is 2.78 bits per heavy atom. The zero-order chi connectivity index (χ0) is 25.2. The molecule has 0 radical (unpaired) electrons. The molecule has 1 aromatic carbocycles. The molecule has 3 aromatic heterocycles. The summed E-state index contributed by atoms with van der Waals surface area (Å²) in [6.45, 7) is 8.21. The number of rotatable bonds is 8. The maximum Gasteiger partial charge on any atom is 0.165 e. The fraction of sp³-hybridized carbons (Fsp3) is 0.346. The minimum Gasteiger partial charge on any atom is -0.494 e. The average molecular weight is 490 g/mol. The second kappa shape index (κ2) is 9.98. The van der Waals surface area contributed by atoms with Crippen molar-refractivity contribution in [3.05, 3.63) is 64.8 Å². The lowest BCUT2D eigenvalue weighted by atomic mass is 10.0. The number of anilines is 1. The van der Waals surface area contributed by atoms with E-state index in [1.165, 1.54) is 6.07 Å². The highest BCUT2D eigenvalue weighted by Crippen LogP contribution is 2.37. The number of fused-ring (bicyclic) bond motifs is 1. The number of aryl methyl sites for hydroxylation is 2. The second-order valence-electron chi connectivity index (χ2n) is 8.84. The summed E-state index contributed by atoms with van der Waals surface area (Å²) in [5, 5.41) is 7.20. The van der Waals surface area contributed by atoms with Crippen LogP contribution in [0.5, 0.6) is 5.75 Å². The number of halogens is 1. The Kier molecular flexibility index (Phi) is 6.60. The van der Waals surface area contributed by atoms with Crippen LogP contribution in [-0.4, -0.2) is 45.3 Å². The monoisotopic (exact) mass is 489 g/mol. The minimum atomic E-state index is -0.423. The molecule has 0 atom stereocenters. The van der Waals surface area contributed by atoms with Crippen molar-refractivity contribution in [3.63, 3.8) is 0 Å². The minimum absolute atomic E-state index is 0.269. The Morgan fingerprint density at radius 2 is 2.03 bits per heavy atom. The van der Waals surface area contributed by atoms with Gasteiger partial charge in [-0.1, -0.05) is 5.16 Å². The third kappa shape index (κ3) is 4.51. The Balaban J connectivity index is 1.61. The molecular formula is C26H28FN7O2. The molecule has 1 aliphatic rings. The van der Waals surface area contributed by atoms with Crippen molar-refractivity contribution in [2.45, 2.75) is 40.3 Å². The van der Waals surface area contributed by atoms with Crippen LogP contribution in [0, 0.1) is 26.6 Å². The molecule has 0 fully saturated rings. The first-order valence-corrected chi connectivity index (χ1v) is 11.9. The molecule has 4 heterocycles. The van der Waals surface area contributed by atoms with Gasteiger partial charge >= 0.3 is 0 Å². The van der Waals surface area contributed by atoms with Crippen LogP contribution < -0.4 is 15.0 Å². The zero-order valence-corrected chi connectivity index (χ0v) is 20.8. The average Bonchev–Trinajstić information content (AvgIpc) is 3.46. The molecule has 0 amide bonds. The van der Waals surface area contributed by atoms with Crippen LogP contribution in [0.3, 0.4) is 0 Å². The summed E-state index contributed by atoms with van der Waals surface area (Å²) < 4.78 is 26.4. The van der Waals surface area contributed by atoms with E-state index in [9.17, 15) is 0 Å². The summed E-state index contributed by atoms with van der Waals surface area (Å²) in [6, 6.07) is 4.67. The molecular weight excluding hydrogens is 461 g/mol. The van der Waals surface area contributed by atoms with E-state index in [4.69, 9.17) is 19.2 Å². The standard InChI is InChI=1S/C26H28FN7O2/c1-15-24(23-16(2)33-36-17(23)3)31-25(20-10-19(6-7-21(20)27)35-9-5-8-28-4)32-26(15)34-12-18-11-29-14-30-22(18)13-34/h6-7,10-11,14,28H,5,8-9,12-13H2,1-4H3. The van der Waals surface area contributed by atoms with E-state index in [0.717, 1.165) is 35.3 Å². The van der Waals surface area contributed by atoms with Crippen molar-refractivity contribution in [3.8, 4) is 28.4 Å². The summed E-state index contributed by atoms with van der Waals surface area (Å²) >= 11 is 0. The van der Waals surface area contributed by atoms with Gasteiger partial charge in [-0.25, -0.2) is 24.3 Å². The van der Waals surface area contributed by atoms with Crippen LogP contribution in [0.15, 0.2) is 35.2 Å². The van der Waals surface area contributed by atoms with Gasteiger partial charge in [-0.15, -0.1) is 0 Å². The number of ether oxygens (including phenoxy) is 1. The molecule has 0 saturated carbocycles. The quantitative estimate of drug-likeness (QED) is 0.366. The van der Waals surface area contributed by atoms with Gasteiger partial charge in [0.05, 0.1) is 41.4 Å². The van der Waals surface area contributed by atoms with Crippen LogP contribution in [0.4, 0.5) is 10.2 Å². The first kappa shape index (κ1) is 23.8. The molecule has 0 saturated heterocycles. The van der Waals surface area contributed by atoms with E-state index >= 15 is 4.39 Å². The second-order valence-corrected chi connectivity index (χ2v) is 8.84. The first-order chi connectivity index (χ1) is 17.5. The summed E-state index contributed by atoms with van der Waals surface area (Å²) in [4.78, 5) is 20.4. The molecule has 0 spiro atoms. The van der Waals surface area contributed by atoms with Crippen LogP contribution in [-0.2, 0) is 13.1 Å². The lowest BCUT2D eigenvalue weighted by molar-refractivity contribution is 0.309. The highest BCUT2D eigenvalue weighted by molar-refractivity contribution is 5.75. The normalized spacial score (nSPS) is 12.8. The predicted molar refractivity (Wildman–Crippen MR) is 133 cm³/mol. The molecule has 0 aliphatic carbocycles. The number of hydrogen-bond acceptors (Lipinski definition) is 9. The van der Waals surface area contributed by atoms with E-state index in [2.05, 4.69) is 25.3 Å². The van der Waals surface area contributed by atoms with Crippen LogP contribution >= 0.6 is 0 Å². The van der Waals surface area contributed by atoms with Gasteiger partial charge in [0.2, 0.25) is 0 Å². The fourth-order valence-corrected chi connectivity index (χ4v) is 4.45. The smallest absolute Gasteiger partial charge is 0.165 e. The fourth-order valence-electron chi connectivity index (χ4n) is 4.45. The molecule has 36 heavy (non-hydrogen) atoms. The van der Waals surface area contributed by atoms with E-state index in [0.29, 0.717) is 48.4 Å². The Bertz CT molecular complexity index is 1360. The molecule has 9 nitrogen and oxygen atoms in total. The Hall–Kier alpha value is -3.92. The van der Waals surface area contributed by atoms with Crippen LogP contribution in [0.2, 0.25) is 0 Å². The van der Waals surface area contributed by atoms with Crippen molar-refractivity contribution >= 4 is 5.82 Å². The number of nitrogens with zero attached hydrogens (tertiary/aromatic N) is 6. The number of hydrogen-bond donors (Lipinski definition) is 1. The third-order valence-electron chi connectivity index (χ3n) is 6.29. The summed E-state index contributed by atoms with van der Waals surface area (Å²) in [5.41, 5.74) is 5.28. The number of benzene rings is 1. The molecule has 0 unspecified atom stereocenters. The maximum atomic E-state index is 15.1. The van der Waals surface area contributed by atoms with Gasteiger partial charge in [0.1, 0.15) is 29.5 Å². The van der Waals surface area contributed by atoms with Crippen molar-refractivity contribution in [2.24, 2.45) is 0 Å². The molecule has 186 valence electrons. The molecule has 1 N–H and O–H groups in total. The van der Waals surface area contributed by atoms with E-state index in [1.54, 1.807) is 18.5 Å². The van der Waals surface area contributed by atoms with Crippen molar-refractivity contribution < 1.29 is 13.7 Å². The van der Waals surface area contributed by atoms with Gasteiger partial charge in [0, 0.05) is 23.9 Å². The van der Waals surface area contributed by atoms with E-state index in [1.807, 2.05) is 34.0 Å². The SMILES string of the molecule is CNCCCOc1ccc(F)c(-c2nc(-c3c(C)noc3C)c(C)c(N3Cc4cncnc4C3)n2)c1. The molecule has 1 aliphatic heterocycles. The lowest BCUT2D eigenvalue weighted by Crippen LogP contribution is -2.19. The Labute approximate surface area is 208 Å².